The molecule has 1 aliphatic rings. The van der Waals surface area contributed by atoms with Crippen LogP contribution in [0.3, 0.4) is 0 Å². The lowest BCUT2D eigenvalue weighted by Gasteiger charge is -2.06. The van der Waals surface area contributed by atoms with Crippen molar-refractivity contribution in [1.29, 1.82) is 0 Å². The molecular weight excluding hydrogens is 372 g/mol. The van der Waals surface area contributed by atoms with E-state index in [0.717, 1.165) is 24.1 Å². The number of thiophene rings is 1. The smallest absolute Gasteiger partial charge is 0.242 e. The third-order valence-electron chi connectivity index (χ3n) is 3.57. The predicted molar refractivity (Wildman–Crippen MR) is 91.1 cm³/mol. The van der Waals surface area contributed by atoms with E-state index in [0.29, 0.717) is 27.2 Å². The lowest BCUT2D eigenvalue weighted by molar-refractivity contribution is 0.572. The molecule has 0 bridgehead atoms. The van der Waals surface area contributed by atoms with Crippen molar-refractivity contribution in [2.75, 3.05) is 0 Å². The Kier molecular flexibility index (Phi) is 5.87. The first-order valence-corrected chi connectivity index (χ1v) is 10.5. The fourth-order valence-electron chi connectivity index (χ4n) is 2.32. The van der Waals surface area contributed by atoms with E-state index in [4.69, 9.17) is 0 Å². The maximum atomic E-state index is 12.4. The van der Waals surface area contributed by atoms with Crippen molar-refractivity contribution in [2.45, 2.75) is 63.6 Å². The molecule has 1 heterocycles. The van der Waals surface area contributed by atoms with E-state index in [1.807, 2.05) is 0 Å². The molecule has 4 nitrogen and oxygen atoms in total. The first kappa shape index (κ1) is 17.4. The van der Waals surface area contributed by atoms with Crippen molar-refractivity contribution in [1.82, 2.24) is 10.0 Å². The number of rotatable bonds is 8. The molecule has 1 aromatic heterocycles. The van der Waals surface area contributed by atoms with Gasteiger partial charge in [-0.15, -0.1) is 11.3 Å². The molecule has 7 heteroatoms. The molecule has 2 rings (SSSR count). The second-order valence-electron chi connectivity index (χ2n) is 5.90. The maximum absolute atomic E-state index is 12.4. The monoisotopic (exact) mass is 394 g/mol. The first-order valence-electron chi connectivity index (χ1n) is 7.37. The third-order valence-corrected chi connectivity index (χ3v) is 7.31. The van der Waals surface area contributed by atoms with E-state index in [-0.39, 0.29) is 6.04 Å². The van der Waals surface area contributed by atoms with Crippen molar-refractivity contribution < 1.29 is 8.42 Å². The zero-order valence-corrected chi connectivity index (χ0v) is 15.9. The first-order chi connectivity index (χ1) is 9.83. The minimum absolute atomic E-state index is 0.124. The highest BCUT2D eigenvalue weighted by molar-refractivity contribution is 9.11. The van der Waals surface area contributed by atoms with Gasteiger partial charge in [0.25, 0.3) is 0 Å². The molecule has 1 fully saturated rings. The van der Waals surface area contributed by atoms with Gasteiger partial charge in [0.1, 0.15) is 4.90 Å². The topological polar surface area (TPSA) is 58.2 Å². The Morgan fingerprint density at radius 2 is 2.19 bits per heavy atom. The number of sulfonamides is 1. The van der Waals surface area contributed by atoms with Crippen LogP contribution in [0.15, 0.2) is 14.7 Å². The molecule has 2 atom stereocenters. The third kappa shape index (κ3) is 4.76. The van der Waals surface area contributed by atoms with Gasteiger partial charge in [0.15, 0.2) is 0 Å². The molecule has 2 unspecified atom stereocenters. The average Bonchev–Trinajstić information content (AvgIpc) is 2.96. The quantitative estimate of drug-likeness (QED) is 0.709. The Morgan fingerprint density at radius 3 is 2.81 bits per heavy atom. The highest BCUT2D eigenvalue weighted by Gasteiger charge is 2.39. The molecule has 120 valence electrons. The average molecular weight is 395 g/mol. The van der Waals surface area contributed by atoms with Crippen LogP contribution in [0.5, 0.6) is 0 Å². The van der Waals surface area contributed by atoms with Gasteiger partial charge in [0, 0.05) is 23.5 Å². The van der Waals surface area contributed by atoms with Crippen LogP contribution in [-0.4, -0.2) is 20.5 Å². The van der Waals surface area contributed by atoms with Crippen LogP contribution in [0.25, 0.3) is 0 Å². The molecule has 1 aromatic rings. The number of halogens is 1. The molecule has 0 radical (unpaired) electrons. The second kappa shape index (κ2) is 7.08. The molecule has 0 aliphatic heterocycles. The van der Waals surface area contributed by atoms with E-state index < -0.39 is 10.0 Å². The lowest BCUT2D eigenvalue weighted by Crippen LogP contribution is -2.27. The molecule has 1 saturated carbocycles. The fourth-order valence-corrected chi connectivity index (χ4v) is 6.27. The van der Waals surface area contributed by atoms with Gasteiger partial charge in [0.2, 0.25) is 10.0 Å². The van der Waals surface area contributed by atoms with Gasteiger partial charge in [-0.3, -0.25) is 0 Å². The molecule has 0 saturated heterocycles. The van der Waals surface area contributed by atoms with E-state index in [9.17, 15) is 8.42 Å². The summed E-state index contributed by atoms with van der Waals surface area (Å²) in [7, 11) is -3.41. The minimum atomic E-state index is -3.41. The van der Waals surface area contributed by atoms with Gasteiger partial charge in [-0.05, 0) is 40.8 Å². The highest BCUT2D eigenvalue weighted by Crippen LogP contribution is 2.37. The normalized spacial score (nSPS) is 22.0. The number of nitrogens with one attached hydrogen (secondary N) is 2. The minimum Gasteiger partial charge on any atom is -0.310 e. The fraction of sp³-hybridized carbons (Fsp3) is 0.714. The van der Waals surface area contributed by atoms with Crippen LogP contribution in [0.4, 0.5) is 0 Å². The highest BCUT2D eigenvalue weighted by atomic mass is 79.9. The van der Waals surface area contributed by atoms with Gasteiger partial charge < -0.3 is 5.32 Å². The Balaban J connectivity index is 2.03. The van der Waals surface area contributed by atoms with Crippen molar-refractivity contribution in [3.63, 3.8) is 0 Å². The van der Waals surface area contributed by atoms with E-state index in [1.165, 1.54) is 11.3 Å². The van der Waals surface area contributed by atoms with Crippen molar-refractivity contribution in [3.8, 4) is 0 Å². The largest absolute Gasteiger partial charge is 0.310 e. The van der Waals surface area contributed by atoms with Crippen LogP contribution in [0.2, 0.25) is 0 Å². The second-order valence-corrected chi connectivity index (χ2v) is 10.0. The summed E-state index contributed by atoms with van der Waals surface area (Å²) in [6, 6.07) is 2.27. The SMILES string of the molecule is CCCC1CC1NS(=O)(=O)c1cc(CNC(C)C)sc1Br. The lowest BCUT2D eigenvalue weighted by atomic mass is 10.2. The van der Waals surface area contributed by atoms with Gasteiger partial charge >= 0.3 is 0 Å². The van der Waals surface area contributed by atoms with Crippen molar-refractivity contribution >= 4 is 37.3 Å². The Bertz CT molecular complexity index is 584. The molecular formula is C14H23BrN2O2S2. The summed E-state index contributed by atoms with van der Waals surface area (Å²) in [5.41, 5.74) is 0. The summed E-state index contributed by atoms with van der Waals surface area (Å²) in [5.74, 6) is 0.518. The van der Waals surface area contributed by atoms with Gasteiger partial charge in [0.05, 0.1) is 3.79 Å². The van der Waals surface area contributed by atoms with Gasteiger partial charge in [-0.2, -0.15) is 0 Å². The van der Waals surface area contributed by atoms with Crippen LogP contribution in [0, 0.1) is 5.92 Å². The standard InChI is InChI=1S/C14H23BrN2O2S2/c1-4-5-10-6-12(10)17-21(18,19)13-7-11(20-14(13)15)8-16-9(2)3/h7,9-10,12,16-17H,4-6,8H2,1-3H3. The Hall–Kier alpha value is 0.0500. The van der Waals surface area contributed by atoms with E-state index >= 15 is 0 Å². The van der Waals surface area contributed by atoms with Gasteiger partial charge in [-0.1, -0.05) is 27.2 Å². The van der Waals surface area contributed by atoms with Gasteiger partial charge in [-0.25, -0.2) is 13.1 Å². The Morgan fingerprint density at radius 1 is 1.48 bits per heavy atom. The summed E-state index contributed by atoms with van der Waals surface area (Å²) in [5, 5.41) is 3.31. The predicted octanol–water partition coefficient (Wildman–Crippen LogP) is 3.48. The zero-order chi connectivity index (χ0) is 15.6. The summed E-state index contributed by atoms with van der Waals surface area (Å²) in [6.45, 7) is 6.97. The molecule has 0 amide bonds. The van der Waals surface area contributed by atoms with E-state index in [2.05, 4.69) is 46.7 Å². The Labute approximate surface area is 139 Å². The summed E-state index contributed by atoms with van der Waals surface area (Å²) >= 11 is 4.86. The van der Waals surface area contributed by atoms with E-state index in [1.54, 1.807) is 6.07 Å². The molecule has 1 aliphatic carbocycles. The summed E-state index contributed by atoms with van der Waals surface area (Å²) in [4.78, 5) is 1.40. The molecule has 0 spiro atoms. The summed E-state index contributed by atoms with van der Waals surface area (Å²) in [6.07, 6.45) is 3.17. The number of hydrogen-bond donors (Lipinski definition) is 2. The number of hydrogen-bond acceptors (Lipinski definition) is 4. The molecule has 2 N–H and O–H groups in total. The van der Waals surface area contributed by atoms with Crippen LogP contribution >= 0.6 is 27.3 Å². The molecule has 21 heavy (non-hydrogen) atoms. The van der Waals surface area contributed by atoms with Crippen LogP contribution < -0.4 is 10.0 Å². The maximum Gasteiger partial charge on any atom is 0.242 e. The van der Waals surface area contributed by atoms with Crippen molar-refractivity contribution in [3.05, 3.63) is 14.7 Å². The van der Waals surface area contributed by atoms with Crippen molar-refractivity contribution in [2.24, 2.45) is 5.92 Å². The van der Waals surface area contributed by atoms with Crippen LogP contribution in [-0.2, 0) is 16.6 Å². The summed E-state index contributed by atoms with van der Waals surface area (Å²) < 4.78 is 28.4. The van der Waals surface area contributed by atoms with Crippen LogP contribution in [0.1, 0.15) is 44.9 Å². The molecule has 0 aromatic carbocycles. The zero-order valence-electron chi connectivity index (χ0n) is 12.6.